The lowest BCUT2D eigenvalue weighted by molar-refractivity contribution is -0.311. The molecule has 0 heterocycles. The first-order valence-electron chi connectivity index (χ1n) is 5.12. The number of nitrogens with zero attached hydrogens (tertiary/aromatic N) is 1. The smallest absolute Gasteiger partial charge is 0.0586 e. The van der Waals surface area contributed by atoms with Crippen LogP contribution in [0.4, 0.5) is 0 Å². The Morgan fingerprint density at radius 3 is 1.92 bits per heavy atom. The summed E-state index contributed by atoms with van der Waals surface area (Å²) in [7, 11) is 0. The quantitative estimate of drug-likeness (QED) is 0.586. The highest BCUT2D eigenvalue weighted by atomic mass is 16.4. The van der Waals surface area contributed by atoms with Gasteiger partial charge in [0.1, 0.15) is 0 Å². The first kappa shape index (κ1) is 12.4. The van der Waals surface area contributed by atoms with Gasteiger partial charge in [-0.15, -0.1) is 0 Å². The van der Waals surface area contributed by atoms with Crippen LogP contribution in [0, 0.1) is 0 Å². The van der Waals surface area contributed by atoms with Crippen molar-refractivity contribution in [1.29, 1.82) is 0 Å². The van der Waals surface area contributed by atoms with Gasteiger partial charge in [0, 0.05) is 6.04 Å². The Kier molecular flexibility index (Phi) is 6.59. The van der Waals surface area contributed by atoms with E-state index in [2.05, 4.69) is 13.8 Å². The van der Waals surface area contributed by atoms with Crippen molar-refractivity contribution < 1.29 is 9.90 Å². The van der Waals surface area contributed by atoms with Crippen LogP contribution in [0.2, 0.25) is 0 Å². The van der Waals surface area contributed by atoms with Crippen LogP contribution in [0.25, 0.3) is 0 Å². The zero-order chi connectivity index (χ0) is 10.3. The van der Waals surface area contributed by atoms with Gasteiger partial charge in [-0.2, -0.15) is 0 Å². The molecule has 0 saturated carbocycles. The molecule has 0 N–H and O–H groups in total. The fraction of sp³-hybridized carbons (Fsp3) is 0.900. The van der Waals surface area contributed by atoms with Gasteiger partial charge in [-0.05, 0) is 32.4 Å². The van der Waals surface area contributed by atoms with Gasteiger partial charge in [-0.1, -0.05) is 20.8 Å². The average Bonchev–Trinajstić information content (AvgIpc) is 2.05. The van der Waals surface area contributed by atoms with E-state index in [-0.39, 0.29) is 0 Å². The van der Waals surface area contributed by atoms with E-state index in [4.69, 9.17) is 0 Å². The zero-order valence-corrected chi connectivity index (χ0v) is 8.88. The zero-order valence-electron chi connectivity index (χ0n) is 8.88. The summed E-state index contributed by atoms with van der Waals surface area (Å²) in [6.45, 7) is 7.70. The largest absolute Gasteiger partial charge is 0.548 e. The van der Waals surface area contributed by atoms with E-state index in [0.29, 0.717) is 6.42 Å². The summed E-state index contributed by atoms with van der Waals surface area (Å²) >= 11 is 0. The number of carbonyl (C=O) groups is 1. The fourth-order valence-electron chi connectivity index (χ4n) is 1.57. The second-order valence-corrected chi connectivity index (χ2v) is 3.28. The third-order valence-electron chi connectivity index (χ3n) is 2.12. The summed E-state index contributed by atoms with van der Waals surface area (Å²) in [6, 6.07) is -0.403. The number of aliphatic carboxylic acids is 1. The summed E-state index contributed by atoms with van der Waals surface area (Å²) in [5.41, 5.74) is 0. The number of carboxylic acid groups (broad SMARTS) is 1. The van der Waals surface area contributed by atoms with Crippen molar-refractivity contribution in [3.63, 3.8) is 0 Å². The van der Waals surface area contributed by atoms with Gasteiger partial charge in [0.25, 0.3) is 0 Å². The minimum atomic E-state index is -0.940. The average molecular weight is 186 g/mol. The Morgan fingerprint density at radius 1 is 1.23 bits per heavy atom. The molecule has 0 aliphatic rings. The molecule has 0 aliphatic heterocycles. The van der Waals surface area contributed by atoms with Gasteiger partial charge in [-0.25, -0.2) is 0 Å². The normalized spacial score (nSPS) is 13.2. The Hall–Kier alpha value is -0.570. The SMILES string of the molecule is CCCN(CCC)C(CC)C(=O)[O-]. The van der Waals surface area contributed by atoms with Crippen LogP contribution in [0.5, 0.6) is 0 Å². The topological polar surface area (TPSA) is 43.4 Å². The molecule has 0 aromatic rings. The van der Waals surface area contributed by atoms with Crippen molar-refractivity contribution in [2.24, 2.45) is 0 Å². The summed E-state index contributed by atoms with van der Waals surface area (Å²) < 4.78 is 0. The molecule has 1 atom stereocenters. The highest BCUT2D eigenvalue weighted by Gasteiger charge is 2.15. The molecule has 13 heavy (non-hydrogen) atoms. The summed E-state index contributed by atoms with van der Waals surface area (Å²) in [5, 5.41) is 10.8. The van der Waals surface area contributed by atoms with Crippen molar-refractivity contribution >= 4 is 5.97 Å². The number of rotatable bonds is 7. The molecule has 0 amide bonds. The highest BCUT2D eigenvalue weighted by molar-refractivity contribution is 5.71. The number of carboxylic acids is 1. The van der Waals surface area contributed by atoms with Crippen LogP contribution in [0.1, 0.15) is 40.0 Å². The van der Waals surface area contributed by atoms with Gasteiger partial charge in [0.05, 0.1) is 5.97 Å². The van der Waals surface area contributed by atoms with Gasteiger partial charge >= 0.3 is 0 Å². The van der Waals surface area contributed by atoms with Gasteiger partial charge in [0.2, 0.25) is 0 Å². The van der Waals surface area contributed by atoms with E-state index in [1.165, 1.54) is 0 Å². The minimum Gasteiger partial charge on any atom is -0.548 e. The summed E-state index contributed by atoms with van der Waals surface area (Å²) in [5.74, 6) is -0.940. The predicted molar refractivity (Wildman–Crippen MR) is 51.2 cm³/mol. The molecule has 1 unspecified atom stereocenters. The van der Waals surface area contributed by atoms with Crippen LogP contribution >= 0.6 is 0 Å². The molecule has 0 spiro atoms. The molecule has 0 bridgehead atoms. The highest BCUT2D eigenvalue weighted by Crippen LogP contribution is 2.05. The molecule has 0 aromatic carbocycles. The Balaban J connectivity index is 4.20. The fourth-order valence-corrected chi connectivity index (χ4v) is 1.57. The van der Waals surface area contributed by atoms with E-state index in [1.807, 2.05) is 11.8 Å². The molecular formula is C10H20NO2-. The van der Waals surface area contributed by atoms with Gasteiger partial charge in [0.15, 0.2) is 0 Å². The Labute approximate surface area is 80.7 Å². The molecular weight excluding hydrogens is 166 g/mol. The van der Waals surface area contributed by atoms with Crippen molar-refractivity contribution in [3.05, 3.63) is 0 Å². The molecule has 3 nitrogen and oxygen atoms in total. The van der Waals surface area contributed by atoms with Crippen LogP contribution in [0.15, 0.2) is 0 Å². The first-order chi connectivity index (χ1) is 6.17. The van der Waals surface area contributed by atoms with Crippen molar-refractivity contribution in [2.45, 2.75) is 46.1 Å². The van der Waals surface area contributed by atoms with Crippen LogP contribution in [-0.4, -0.2) is 30.0 Å². The predicted octanol–water partition coefficient (Wildman–Crippen LogP) is 0.637. The minimum absolute atomic E-state index is 0.403. The lowest BCUT2D eigenvalue weighted by Gasteiger charge is -2.31. The Bertz CT molecular complexity index is 142. The van der Waals surface area contributed by atoms with Crippen molar-refractivity contribution in [1.82, 2.24) is 4.90 Å². The first-order valence-corrected chi connectivity index (χ1v) is 5.12. The molecule has 0 aliphatic carbocycles. The maximum Gasteiger partial charge on any atom is 0.0586 e. The van der Waals surface area contributed by atoms with E-state index >= 15 is 0 Å². The Morgan fingerprint density at radius 2 is 1.69 bits per heavy atom. The second-order valence-electron chi connectivity index (χ2n) is 3.28. The van der Waals surface area contributed by atoms with E-state index in [0.717, 1.165) is 25.9 Å². The lowest BCUT2D eigenvalue weighted by Crippen LogP contribution is -2.48. The second kappa shape index (κ2) is 6.89. The summed E-state index contributed by atoms with van der Waals surface area (Å²) in [4.78, 5) is 12.8. The number of hydrogen-bond acceptors (Lipinski definition) is 3. The summed E-state index contributed by atoms with van der Waals surface area (Å²) in [6.07, 6.45) is 2.61. The molecule has 3 heteroatoms. The molecule has 0 aromatic heterocycles. The van der Waals surface area contributed by atoms with Crippen LogP contribution in [-0.2, 0) is 4.79 Å². The molecule has 78 valence electrons. The van der Waals surface area contributed by atoms with Gasteiger partial charge < -0.3 is 9.90 Å². The maximum atomic E-state index is 10.8. The molecule has 0 radical (unpaired) electrons. The van der Waals surface area contributed by atoms with Crippen LogP contribution in [0.3, 0.4) is 0 Å². The standard InChI is InChI=1S/C10H21NO2/c1-4-7-11(8-5-2)9(6-3)10(12)13/h9H,4-8H2,1-3H3,(H,12,13)/p-1. The lowest BCUT2D eigenvalue weighted by atomic mass is 10.1. The number of carbonyl (C=O) groups excluding carboxylic acids is 1. The van der Waals surface area contributed by atoms with Gasteiger partial charge in [-0.3, -0.25) is 4.90 Å². The van der Waals surface area contributed by atoms with E-state index in [1.54, 1.807) is 0 Å². The van der Waals surface area contributed by atoms with Crippen molar-refractivity contribution in [3.8, 4) is 0 Å². The maximum absolute atomic E-state index is 10.8. The monoisotopic (exact) mass is 186 g/mol. The number of hydrogen-bond donors (Lipinski definition) is 0. The van der Waals surface area contributed by atoms with Crippen molar-refractivity contribution in [2.75, 3.05) is 13.1 Å². The van der Waals surface area contributed by atoms with E-state index in [9.17, 15) is 9.90 Å². The molecule has 0 rings (SSSR count). The molecule has 0 saturated heterocycles. The third kappa shape index (κ3) is 4.27. The molecule has 0 fully saturated rings. The van der Waals surface area contributed by atoms with E-state index < -0.39 is 12.0 Å². The third-order valence-corrected chi connectivity index (χ3v) is 2.12. The van der Waals surface area contributed by atoms with Crippen LogP contribution < -0.4 is 5.11 Å².